The van der Waals surface area contributed by atoms with Crippen LogP contribution < -0.4 is 11.1 Å². The molecule has 0 radical (unpaired) electrons. The van der Waals surface area contributed by atoms with Crippen LogP contribution in [0.15, 0.2) is 0 Å². The molecule has 0 saturated heterocycles. The monoisotopic (exact) mass is 338 g/mol. The van der Waals surface area contributed by atoms with E-state index >= 15 is 0 Å². The summed E-state index contributed by atoms with van der Waals surface area (Å²) in [5, 5.41) is 2.87. The second kappa shape index (κ2) is 10.0. The first-order valence-electron chi connectivity index (χ1n) is 9.74. The number of carbonyl (C=O) groups is 2. The predicted molar refractivity (Wildman–Crippen MR) is 94.3 cm³/mol. The molecule has 2 aliphatic carbocycles. The lowest BCUT2D eigenvalue weighted by Crippen LogP contribution is -2.50. The number of nitrogens with one attached hydrogen (secondary N) is 1. The van der Waals surface area contributed by atoms with E-state index in [4.69, 9.17) is 10.5 Å². The second-order valence-electron chi connectivity index (χ2n) is 7.67. The Balaban J connectivity index is 1.84. The van der Waals surface area contributed by atoms with Crippen LogP contribution >= 0.6 is 0 Å². The van der Waals surface area contributed by atoms with Crippen molar-refractivity contribution < 1.29 is 14.3 Å². The van der Waals surface area contributed by atoms with Gasteiger partial charge in [0.25, 0.3) is 0 Å². The van der Waals surface area contributed by atoms with Gasteiger partial charge in [0.15, 0.2) is 0 Å². The Morgan fingerprint density at radius 1 is 0.958 bits per heavy atom. The first-order chi connectivity index (χ1) is 11.6. The van der Waals surface area contributed by atoms with E-state index in [1.54, 1.807) is 0 Å². The first-order valence-corrected chi connectivity index (χ1v) is 9.74. The molecule has 5 heteroatoms. The van der Waals surface area contributed by atoms with Crippen molar-refractivity contribution in [1.29, 1.82) is 0 Å². The normalized spacial score (nSPS) is 22.6. The highest BCUT2D eigenvalue weighted by atomic mass is 16.5. The standard InChI is InChI=1S/C19H34N2O3/c1-24-19(23)17(13-15-10-6-3-7-11-15)21-18(22)16(20)12-14-8-4-2-5-9-14/h14-17H,2-13,20H2,1H3,(H,21,22)/t16-,17-/m0/s1. The molecule has 24 heavy (non-hydrogen) atoms. The minimum atomic E-state index is -0.553. The molecular formula is C19H34N2O3. The van der Waals surface area contributed by atoms with Gasteiger partial charge in [0.05, 0.1) is 13.2 Å². The predicted octanol–water partition coefficient (Wildman–Crippen LogP) is 2.91. The van der Waals surface area contributed by atoms with E-state index in [0.717, 1.165) is 19.3 Å². The lowest BCUT2D eigenvalue weighted by atomic mass is 9.84. The molecule has 2 saturated carbocycles. The zero-order valence-electron chi connectivity index (χ0n) is 15.1. The Bertz CT molecular complexity index is 401. The number of hydrogen-bond acceptors (Lipinski definition) is 4. The van der Waals surface area contributed by atoms with E-state index < -0.39 is 12.1 Å². The highest BCUT2D eigenvalue weighted by Gasteiger charge is 2.29. The number of ether oxygens (including phenoxy) is 1. The molecule has 5 nitrogen and oxygen atoms in total. The maximum absolute atomic E-state index is 12.4. The number of carbonyl (C=O) groups excluding carboxylic acids is 2. The molecule has 2 fully saturated rings. The molecule has 1 amide bonds. The summed E-state index contributed by atoms with van der Waals surface area (Å²) in [6.45, 7) is 0. The molecule has 0 aromatic carbocycles. The molecule has 0 unspecified atom stereocenters. The van der Waals surface area contributed by atoms with Crippen LogP contribution in [0.3, 0.4) is 0 Å². The van der Waals surface area contributed by atoms with Gasteiger partial charge in [0.1, 0.15) is 6.04 Å². The third-order valence-corrected chi connectivity index (χ3v) is 5.74. The summed E-state index contributed by atoms with van der Waals surface area (Å²) in [4.78, 5) is 24.5. The summed E-state index contributed by atoms with van der Waals surface area (Å²) in [5.74, 6) is 0.498. The fourth-order valence-electron chi connectivity index (χ4n) is 4.28. The van der Waals surface area contributed by atoms with Gasteiger partial charge < -0.3 is 15.8 Å². The molecule has 0 spiro atoms. The molecule has 2 rings (SSSR count). The van der Waals surface area contributed by atoms with Crippen LogP contribution in [0.2, 0.25) is 0 Å². The molecule has 0 aromatic heterocycles. The highest BCUT2D eigenvalue weighted by molar-refractivity contribution is 5.87. The summed E-state index contributed by atoms with van der Waals surface area (Å²) in [6, 6.07) is -1.07. The summed E-state index contributed by atoms with van der Waals surface area (Å²) >= 11 is 0. The van der Waals surface area contributed by atoms with E-state index in [1.807, 2.05) is 0 Å². The highest BCUT2D eigenvalue weighted by Crippen LogP contribution is 2.28. The number of nitrogens with two attached hydrogens (primary N) is 1. The molecular weight excluding hydrogens is 304 g/mol. The molecule has 3 N–H and O–H groups in total. The topological polar surface area (TPSA) is 81.4 Å². The van der Waals surface area contributed by atoms with Gasteiger partial charge in [-0.1, -0.05) is 64.2 Å². The minimum absolute atomic E-state index is 0.202. The van der Waals surface area contributed by atoms with Crippen molar-refractivity contribution in [3.63, 3.8) is 0 Å². The zero-order valence-corrected chi connectivity index (χ0v) is 15.1. The number of hydrogen-bond donors (Lipinski definition) is 2. The number of amides is 1. The molecule has 0 aliphatic heterocycles. The minimum Gasteiger partial charge on any atom is -0.467 e. The van der Waals surface area contributed by atoms with Crippen LogP contribution in [0.4, 0.5) is 0 Å². The van der Waals surface area contributed by atoms with Crippen LogP contribution in [-0.4, -0.2) is 31.1 Å². The first kappa shape index (κ1) is 19.2. The van der Waals surface area contributed by atoms with Gasteiger partial charge in [0.2, 0.25) is 5.91 Å². The molecule has 138 valence electrons. The van der Waals surface area contributed by atoms with Gasteiger partial charge in [-0.2, -0.15) is 0 Å². The molecule has 0 bridgehead atoms. The largest absolute Gasteiger partial charge is 0.467 e. The zero-order chi connectivity index (χ0) is 17.4. The Labute approximate surface area is 146 Å². The average molecular weight is 338 g/mol. The number of methoxy groups -OCH3 is 1. The van der Waals surface area contributed by atoms with Gasteiger partial charge in [-0.25, -0.2) is 4.79 Å². The van der Waals surface area contributed by atoms with E-state index in [9.17, 15) is 9.59 Å². The third kappa shape index (κ3) is 6.08. The third-order valence-electron chi connectivity index (χ3n) is 5.74. The molecule has 0 aromatic rings. The van der Waals surface area contributed by atoms with Crippen LogP contribution in [0.25, 0.3) is 0 Å². The second-order valence-corrected chi connectivity index (χ2v) is 7.67. The van der Waals surface area contributed by atoms with Crippen LogP contribution in [0, 0.1) is 11.8 Å². The molecule has 2 atom stereocenters. The van der Waals surface area contributed by atoms with E-state index in [1.165, 1.54) is 58.5 Å². The molecule has 0 heterocycles. The quantitative estimate of drug-likeness (QED) is 0.699. The fraction of sp³-hybridized carbons (Fsp3) is 0.895. The lowest BCUT2D eigenvalue weighted by Gasteiger charge is -2.28. The van der Waals surface area contributed by atoms with Gasteiger partial charge in [-0.15, -0.1) is 0 Å². The van der Waals surface area contributed by atoms with Crippen molar-refractivity contribution in [3.05, 3.63) is 0 Å². The van der Waals surface area contributed by atoms with E-state index in [-0.39, 0.29) is 11.9 Å². The van der Waals surface area contributed by atoms with Gasteiger partial charge >= 0.3 is 5.97 Å². The summed E-state index contributed by atoms with van der Waals surface area (Å²) in [5.41, 5.74) is 6.11. The smallest absolute Gasteiger partial charge is 0.328 e. The lowest BCUT2D eigenvalue weighted by molar-refractivity contribution is -0.145. The fourth-order valence-corrected chi connectivity index (χ4v) is 4.28. The summed E-state index contributed by atoms with van der Waals surface area (Å²) in [6.07, 6.45) is 13.5. The Hall–Kier alpha value is -1.10. The van der Waals surface area contributed by atoms with Crippen molar-refractivity contribution in [3.8, 4) is 0 Å². The van der Waals surface area contributed by atoms with Crippen molar-refractivity contribution in [1.82, 2.24) is 5.32 Å². The molecule has 2 aliphatic rings. The Kier molecular flexibility index (Phi) is 8.03. The van der Waals surface area contributed by atoms with Crippen LogP contribution in [0.1, 0.15) is 77.0 Å². The van der Waals surface area contributed by atoms with Crippen molar-refractivity contribution >= 4 is 11.9 Å². The van der Waals surface area contributed by atoms with Gasteiger partial charge in [-0.05, 0) is 24.7 Å². The van der Waals surface area contributed by atoms with Gasteiger partial charge in [-0.3, -0.25) is 4.79 Å². The van der Waals surface area contributed by atoms with Crippen molar-refractivity contribution in [2.75, 3.05) is 7.11 Å². The van der Waals surface area contributed by atoms with Crippen molar-refractivity contribution in [2.45, 2.75) is 89.1 Å². The summed E-state index contributed by atoms with van der Waals surface area (Å²) < 4.78 is 4.89. The Morgan fingerprint density at radius 2 is 1.46 bits per heavy atom. The van der Waals surface area contributed by atoms with E-state index in [0.29, 0.717) is 18.3 Å². The SMILES string of the molecule is COC(=O)[C@H](CC1CCCCC1)NC(=O)[C@@H](N)CC1CCCCC1. The maximum atomic E-state index is 12.4. The number of rotatable bonds is 7. The van der Waals surface area contributed by atoms with Crippen LogP contribution in [0.5, 0.6) is 0 Å². The summed E-state index contributed by atoms with van der Waals surface area (Å²) in [7, 11) is 1.38. The number of esters is 1. The van der Waals surface area contributed by atoms with Crippen LogP contribution in [-0.2, 0) is 14.3 Å². The maximum Gasteiger partial charge on any atom is 0.328 e. The average Bonchev–Trinajstić information content (AvgIpc) is 2.62. The Morgan fingerprint density at radius 3 is 1.96 bits per heavy atom. The van der Waals surface area contributed by atoms with Crippen molar-refractivity contribution in [2.24, 2.45) is 17.6 Å². The van der Waals surface area contributed by atoms with E-state index in [2.05, 4.69) is 5.32 Å². The van der Waals surface area contributed by atoms with Gasteiger partial charge in [0, 0.05) is 0 Å².